The van der Waals surface area contributed by atoms with Gasteiger partial charge in [0.1, 0.15) is 34.3 Å². The Hall–Kier alpha value is -6.50. The molecule has 4 aromatic carbocycles. The van der Waals surface area contributed by atoms with Gasteiger partial charge < -0.3 is 34.0 Å². The summed E-state index contributed by atoms with van der Waals surface area (Å²) in [5, 5.41) is 15.4. The van der Waals surface area contributed by atoms with Crippen LogP contribution in [0.15, 0.2) is 173 Å². The minimum atomic E-state index is -0.686. The second-order valence-corrected chi connectivity index (χ2v) is 13.0. The molecule has 0 saturated heterocycles. The van der Waals surface area contributed by atoms with E-state index in [0.29, 0.717) is 33.7 Å². The minimum absolute atomic E-state index is 0. The van der Waals surface area contributed by atoms with Crippen LogP contribution in [0.25, 0.3) is 67.0 Å². The molecule has 0 aliphatic heterocycles. The average molecular weight is 1260 g/mol. The number of aryl methyl sites for hydroxylation is 2. The number of benzene rings is 4. The predicted molar refractivity (Wildman–Crippen MR) is 247 cm³/mol. The molecule has 2 radical (unpaired) electrons. The first kappa shape index (κ1) is 56.6. The summed E-state index contributed by atoms with van der Waals surface area (Å²) in [7, 11) is 2.00. The van der Waals surface area contributed by atoms with Crippen molar-refractivity contribution in [3.63, 3.8) is 0 Å². The molecule has 0 aliphatic carbocycles. The van der Waals surface area contributed by atoms with E-state index in [-0.39, 0.29) is 58.8 Å². The van der Waals surface area contributed by atoms with Crippen LogP contribution in [0.5, 0.6) is 0 Å². The summed E-state index contributed by atoms with van der Waals surface area (Å²) in [5.74, 6) is -1.15. The number of hydrogen-bond acceptors (Lipinski definition) is 8. The Labute approximate surface area is 414 Å². The SMILES string of the molecule is C.CO.CO.Cc1cc2c(-c3[c-]cc(F)cc3F)nccc2o1.Cc1cc2c(-c3ccc(F)cc3F)nccc2o1.[Ir].[Ir].[c-]1ccccc1-c1ccccn1.[c-]1ccccc1-c1ccccn1. The van der Waals surface area contributed by atoms with Gasteiger partial charge in [0.05, 0.1) is 5.69 Å². The summed E-state index contributed by atoms with van der Waals surface area (Å²) >= 11 is 0. The molecule has 0 bridgehead atoms. The van der Waals surface area contributed by atoms with Crippen molar-refractivity contribution in [2.45, 2.75) is 21.3 Å². The largest absolute Gasteiger partial charge is 0.462 e. The molecule has 0 atom stereocenters. The number of aromatic nitrogens is 4. The van der Waals surface area contributed by atoms with E-state index in [1.807, 2.05) is 91.9 Å². The third kappa shape index (κ3) is 15.8. The predicted octanol–water partition coefficient (Wildman–Crippen LogP) is 12.9. The zero-order chi connectivity index (χ0) is 45.8. The fourth-order valence-corrected chi connectivity index (χ4v) is 6.05. The molecular weight excluding hydrogens is 1220 g/mol. The third-order valence-electron chi connectivity index (χ3n) is 8.72. The van der Waals surface area contributed by atoms with Crippen molar-refractivity contribution < 1.29 is 76.8 Å². The van der Waals surface area contributed by atoms with Gasteiger partial charge >= 0.3 is 0 Å². The molecule has 0 fully saturated rings. The molecular formula is C53H45F4Ir2N4O4-3. The maximum atomic E-state index is 13.8. The van der Waals surface area contributed by atoms with E-state index in [0.717, 1.165) is 66.1 Å². The standard InChI is InChI=1S/C14H9F2NO.C14H8F2NO.2C11H8N.2CH4O.CH4.2Ir/c2*1-8-6-11-13(18-8)4-5-17-14(11)10-3-2-9(15)7-12(10)16;2*1-2-6-10(7-3-1)11-8-4-5-9-12-11;2*1-2;;;/h2-7H,1H3;2,4-7H,1H3;2*1-6,8-9H;2*2H,1H3;1H4;;/q;3*-1;;;;;. The van der Waals surface area contributed by atoms with Gasteiger partial charge in [0.15, 0.2) is 0 Å². The smallest absolute Gasteiger partial charge is 0.137 e. The second kappa shape index (κ2) is 29.2. The van der Waals surface area contributed by atoms with Crippen molar-refractivity contribution in [1.82, 2.24) is 19.9 Å². The number of hydrogen-bond donors (Lipinski definition) is 2. The Balaban J connectivity index is 0.000000299. The van der Waals surface area contributed by atoms with Gasteiger partial charge in [-0.15, -0.1) is 83.9 Å². The van der Waals surface area contributed by atoms with Crippen LogP contribution in [-0.2, 0) is 40.2 Å². The summed E-state index contributed by atoms with van der Waals surface area (Å²) in [4.78, 5) is 16.7. The maximum Gasteiger partial charge on any atom is 0.137 e. The van der Waals surface area contributed by atoms with E-state index < -0.39 is 23.3 Å². The molecule has 0 spiro atoms. The van der Waals surface area contributed by atoms with Crippen LogP contribution in [0, 0.1) is 55.3 Å². The molecule has 0 aliphatic rings. The summed E-state index contributed by atoms with van der Waals surface area (Å²) in [6.07, 6.45) is 6.65. The molecule has 10 aromatic rings. The third-order valence-corrected chi connectivity index (χ3v) is 8.72. The van der Waals surface area contributed by atoms with Crippen molar-refractivity contribution in [2.75, 3.05) is 14.2 Å². The van der Waals surface area contributed by atoms with Gasteiger partial charge in [0.25, 0.3) is 0 Å². The van der Waals surface area contributed by atoms with Crippen molar-refractivity contribution in [2.24, 2.45) is 0 Å². The van der Waals surface area contributed by atoms with E-state index >= 15 is 0 Å². The summed E-state index contributed by atoms with van der Waals surface area (Å²) in [6.45, 7) is 3.61. The molecule has 350 valence electrons. The molecule has 6 aromatic heterocycles. The quantitative estimate of drug-likeness (QED) is 0.132. The molecule has 0 unspecified atom stereocenters. The first-order chi connectivity index (χ1) is 31.2. The van der Waals surface area contributed by atoms with E-state index in [9.17, 15) is 17.6 Å². The Bertz CT molecular complexity index is 2690. The molecule has 0 amide bonds. The number of nitrogens with zero attached hydrogens (tertiary/aromatic N) is 4. The van der Waals surface area contributed by atoms with E-state index in [2.05, 4.69) is 38.1 Å². The first-order valence-electron chi connectivity index (χ1n) is 19.4. The summed E-state index contributed by atoms with van der Waals surface area (Å²) in [5.41, 5.74) is 6.55. The topological polar surface area (TPSA) is 118 Å². The van der Waals surface area contributed by atoms with Crippen LogP contribution in [-0.4, -0.2) is 44.4 Å². The normalized spacial score (nSPS) is 9.58. The minimum Gasteiger partial charge on any atom is -0.462 e. The van der Waals surface area contributed by atoms with Crippen LogP contribution in [0.4, 0.5) is 17.6 Å². The fourth-order valence-electron chi connectivity index (χ4n) is 6.05. The van der Waals surface area contributed by atoms with Crippen molar-refractivity contribution in [3.8, 4) is 45.0 Å². The van der Waals surface area contributed by atoms with Gasteiger partial charge in [-0.2, -0.15) is 0 Å². The van der Waals surface area contributed by atoms with Gasteiger partial charge in [-0.25, -0.2) is 8.78 Å². The number of aliphatic hydroxyl groups is 2. The Morgan fingerprint density at radius 2 is 0.955 bits per heavy atom. The van der Waals surface area contributed by atoms with Crippen LogP contribution >= 0.6 is 0 Å². The number of rotatable bonds is 4. The van der Waals surface area contributed by atoms with E-state index in [1.54, 1.807) is 49.8 Å². The van der Waals surface area contributed by atoms with E-state index in [4.69, 9.17) is 19.0 Å². The van der Waals surface area contributed by atoms with Crippen molar-refractivity contribution >= 4 is 21.9 Å². The van der Waals surface area contributed by atoms with Crippen LogP contribution < -0.4 is 0 Å². The number of pyridine rings is 4. The number of fused-ring (bicyclic) bond motifs is 2. The zero-order valence-electron chi connectivity index (χ0n) is 35.8. The second-order valence-electron chi connectivity index (χ2n) is 13.0. The van der Waals surface area contributed by atoms with Crippen LogP contribution in [0.1, 0.15) is 18.9 Å². The molecule has 14 heteroatoms. The average Bonchev–Trinajstić information content (AvgIpc) is 3.93. The molecule has 0 saturated carbocycles. The fraction of sp³-hybridized carbons (Fsp3) is 0.0943. The molecule has 6 heterocycles. The Morgan fingerprint density at radius 1 is 0.478 bits per heavy atom. The van der Waals surface area contributed by atoms with Crippen molar-refractivity contribution in [3.05, 3.63) is 217 Å². The Kier molecular flexibility index (Phi) is 24.7. The monoisotopic (exact) mass is 1260 g/mol. The van der Waals surface area contributed by atoms with E-state index in [1.165, 1.54) is 18.3 Å². The van der Waals surface area contributed by atoms with Crippen molar-refractivity contribution in [1.29, 1.82) is 0 Å². The van der Waals surface area contributed by atoms with Gasteiger partial charge in [0.2, 0.25) is 0 Å². The molecule has 8 nitrogen and oxygen atoms in total. The first-order valence-corrected chi connectivity index (χ1v) is 19.4. The maximum absolute atomic E-state index is 13.8. The van der Waals surface area contributed by atoms with Crippen LogP contribution in [0.3, 0.4) is 0 Å². The molecule has 67 heavy (non-hydrogen) atoms. The summed E-state index contributed by atoms with van der Waals surface area (Å²) < 4.78 is 64.2. The molecule has 10 rings (SSSR count). The zero-order valence-corrected chi connectivity index (χ0v) is 40.6. The molecule has 2 N–H and O–H groups in total. The van der Waals surface area contributed by atoms with Gasteiger partial charge in [-0.05, 0) is 73.8 Å². The summed E-state index contributed by atoms with van der Waals surface area (Å²) in [6, 6.07) is 48.5. The van der Waals surface area contributed by atoms with Gasteiger partial charge in [-0.1, -0.05) is 43.3 Å². The number of aliphatic hydroxyl groups excluding tert-OH is 2. The number of furan rings is 2. The van der Waals surface area contributed by atoms with Crippen LogP contribution in [0.2, 0.25) is 0 Å². The number of halogens is 4. The Morgan fingerprint density at radius 3 is 1.40 bits per heavy atom. The van der Waals surface area contributed by atoms with Gasteiger partial charge in [-0.3, -0.25) is 13.8 Å². The van der Waals surface area contributed by atoms with Gasteiger partial charge in [0, 0.05) is 119 Å².